The van der Waals surface area contributed by atoms with Gasteiger partial charge in [-0.15, -0.1) is 0 Å². The van der Waals surface area contributed by atoms with Crippen LogP contribution in [0.15, 0.2) is 36.4 Å². The fourth-order valence-electron chi connectivity index (χ4n) is 3.39. The van der Waals surface area contributed by atoms with Crippen molar-refractivity contribution in [1.29, 1.82) is 0 Å². The topological polar surface area (TPSA) is 49.4 Å². The lowest BCUT2D eigenvalue weighted by molar-refractivity contribution is -0.122. The average molecular weight is 357 g/mol. The summed E-state index contributed by atoms with van der Waals surface area (Å²) in [6.07, 6.45) is 0.195. The molecule has 0 aromatic heterocycles. The molecule has 5 heteroatoms. The first kappa shape index (κ1) is 17.5. The summed E-state index contributed by atoms with van der Waals surface area (Å²) in [6, 6.07) is 11.3. The number of rotatable bonds is 3. The minimum atomic E-state index is -0.385. The van der Waals surface area contributed by atoms with E-state index >= 15 is 0 Å². The number of benzene rings is 2. The van der Waals surface area contributed by atoms with Crippen LogP contribution >= 0.6 is 11.6 Å². The smallest absolute Gasteiger partial charge is 0.229 e. The normalized spacial score (nSPS) is 17.0. The number of nitrogens with zero attached hydrogens (tertiary/aromatic N) is 1. The van der Waals surface area contributed by atoms with E-state index in [1.807, 2.05) is 45.0 Å². The number of hydrogen-bond acceptors (Lipinski definition) is 2. The third-order valence-electron chi connectivity index (χ3n) is 4.56. The highest BCUT2D eigenvalue weighted by molar-refractivity contribution is 6.33. The quantitative estimate of drug-likeness (QED) is 0.893. The second-order valence-corrected chi connectivity index (χ2v) is 7.03. The molecule has 1 aliphatic heterocycles. The summed E-state index contributed by atoms with van der Waals surface area (Å²) in [4.78, 5) is 26.6. The number of halogens is 1. The number of para-hydroxylation sites is 1. The van der Waals surface area contributed by atoms with Gasteiger partial charge in [0, 0.05) is 18.7 Å². The number of carbonyl (C=O) groups is 2. The molecule has 1 unspecified atom stereocenters. The first-order chi connectivity index (χ1) is 11.9. The van der Waals surface area contributed by atoms with E-state index in [1.165, 1.54) is 0 Å². The van der Waals surface area contributed by atoms with Crippen LogP contribution in [0.3, 0.4) is 0 Å². The monoisotopic (exact) mass is 356 g/mol. The zero-order valence-electron chi connectivity index (χ0n) is 14.6. The molecule has 1 atom stereocenters. The number of hydrogen-bond donors (Lipinski definition) is 1. The Bertz CT molecular complexity index is 824. The molecular weight excluding hydrogens is 336 g/mol. The number of aryl methyl sites for hydroxylation is 3. The van der Waals surface area contributed by atoms with Crippen molar-refractivity contribution in [2.24, 2.45) is 5.92 Å². The van der Waals surface area contributed by atoms with Gasteiger partial charge in [0.15, 0.2) is 0 Å². The van der Waals surface area contributed by atoms with E-state index in [0.717, 1.165) is 22.4 Å². The van der Waals surface area contributed by atoms with Crippen molar-refractivity contribution in [2.75, 3.05) is 16.8 Å². The highest BCUT2D eigenvalue weighted by atomic mass is 35.5. The lowest BCUT2D eigenvalue weighted by Gasteiger charge is -2.18. The summed E-state index contributed by atoms with van der Waals surface area (Å²) in [7, 11) is 0. The third kappa shape index (κ3) is 3.54. The highest BCUT2D eigenvalue weighted by Crippen LogP contribution is 2.32. The van der Waals surface area contributed by atoms with E-state index in [4.69, 9.17) is 11.6 Å². The van der Waals surface area contributed by atoms with Crippen molar-refractivity contribution in [3.05, 3.63) is 58.1 Å². The van der Waals surface area contributed by atoms with Gasteiger partial charge >= 0.3 is 0 Å². The molecule has 2 aromatic rings. The summed E-state index contributed by atoms with van der Waals surface area (Å²) in [6.45, 7) is 6.33. The van der Waals surface area contributed by atoms with Crippen molar-refractivity contribution in [3.8, 4) is 0 Å². The third-order valence-corrected chi connectivity index (χ3v) is 4.88. The summed E-state index contributed by atoms with van der Waals surface area (Å²) in [5, 5.41) is 3.52. The fourth-order valence-corrected chi connectivity index (χ4v) is 3.63. The van der Waals surface area contributed by atoms with E-state index in [2.05, 4.69) is 5.32 Å². The van der Waals surface area contributed by atoms with Gasteiger partial charge in [-0.25, -0.2) is 0 Å². The molecule has 25 heavy (non-hydrogen) atoms. The molecule has 4 nitrogen and oxygen atoms in total. The standard InChI is InChI=1S/C20H21ClN2O2/c1-12-8-13(2)19(14(3)9-12)22-20(25)15-10-18(24)23(11-15)17-7-5-4-6-16(17)21/h4-9,15H,10-11H2,1-3H3,(H,22,25). The van der Waals surface area contributed by atoms with Gasteiger partial charge in [-0.2, -0.15) is 0 Å². The maximum absolute atomic E-state index is 12.7. The van der Waals surface area contributed by atoms with Crippen molar-refractivity contribution in [1.82, 2.24) is 0 Å². The van der Waals surface area contributed by atoms with E-state index in [9.17, 15) is 9.59 Å². The minimum Gasteiger partial charge on any atom is -0.325 e. The summed E-state index contributed by atoms with van der Waals surface area (Å²) < 4.78 is 0. The van der Waals surface area contributed by atoms with Crippen molar-refractivity contribution >= 4 is 34.8 Å². The fraction of sp³-hybridized carbons (Fsp3) is 0.300. The maximum atomic E-state index is 12.7. The predicted molar refractivity (Wildman–Crippen MR) is 101 cm³/mol. The molecule has 3 rings (SSSR count). The van der Waals surface area contributed by atoms with Gasteiger partial charge in [0.05, 0.1) is 16.6 Å². The van der Waals surface area contributed by atoms with Gasteiger partial charge in [0.25, 0.3) is 0 Å². The Morgan fingerprint density at radius 3 is 2.44 bits per heavy atom. The largest absolute Gasteiger partial charge is 0.325 e. The molecule has 2 amide bonds. The molecular formula is C20H21ClN2O2. The molecule has 0 aliphatic carbocycles. The molecule has 1 fully saturated rings. The molecule has 1 heterocycles. The average Bonchev–Trinajstić information content (AvgIpc) is 2.93. The Kier molecular flexibility index (Phi) is 4.82. The Hall–Kier alpha value is -2.33. The van der Waals surface area contributed by atoms with Gasteiger partial charge in [0.1, 0.15) is 0 Å². The van der Waals surface area contributed by atoms with Crippen molar-refractivity contribution < 1.29 is 9.59 Å². The van der Waals surface area contributed by atoms with Crippen LogP contribution in [-0.4, -0.2) is 18.4 Å². The molecule has 2 aromatic carbocycles. The Morgan fingerprint density at radius 1 is 1.16 bits per heavy atom. The zero-order chi connectivity index (χ0) is 18.1. The first-order valence-corrected chi connectivity index (χ1v) is 8.68. The Morgan fingerprint density at radius 2 is 1.80 bits per heavy atom. The van der Waals surface area contributed by atoms with Gasteiger partial charge < -0.3 is 10.2 Å². The van der Waals surface area contributed by atoms with Gasteiger partial charge in [-0.3, -0.25) is 9.59 Å². The summed E-state index contributed by atoms with van der Waals surface area (Å²) in [5.41, 5.74) is 4.71. The van der Waals surface area contributed by atoms with Crippen LogP contribution in [0.1, 0.15) is 23.1 Å². The number of carbonyl (C=O) groups excluding carboxylic acids is 2. The number of amides is 2. The van der Waals surface area contributed by atoms with Crippen molar-refractivity contribution in [3.63, 3.8) is 0 Å². The SMILES string of the molecule is Cc1cc(C)c(NC(=O)C2CC(=O)N(c3ccccc3Cl)C2)c(C)c1. The van der Waals surface area contributed by atoms with Crippen LogP contribution < -0.4 is 10.2 Å². The highest BCUT2D eigenvalue weighted by Gasteiger charge is 2.36. The van der Waals surface area contributed by atoms with Crippen LogP contribution in [0.4, 0.5) is 11.4 Å². The molecule has 0 spiro atoms. The Balaban J connectivity index is 1.77. The summed E-state index contributed by atoms with van der Waals surface area (Å²) >= 11 is 6.19. The van der Waals surface area contributed by atoms with E-state index < -0.39 is 0 Å². The lowest BCUT2D eigenvalue weighted by atomic mass is 10.0. The first-order valence-electron chi connectivity index (χ1n) is 8.30. The molecule has 0 saturated carbocycles. The lowest BCUT2D eigenvalue weighted by Crippen LogP contribution is -2.28. The molecule has 0 radical (unpaired) electrons. The van der Waals surface area contributed by atoms with Crippen LogP contribution in [0, 0.1) is 26.7 Å². The van der Waals surface area contributed by atoms with Gasteiger partial charge in [-0.05, 0) is 44.0 Å². The molecule has 0 bridgehead atoms. The second-order valence-electron chi connectivity index (χ2n) is 6.62. The number of anilines is 2. The van der Waals surface area contributed by atoms with Crippen molar-refractivity contribution in [2.45, 2.75) is 27.2 Å². The van der Waals surface area contributed by atoms with Crippen LogP contribution in [-0.2, 0) is 9.59 Å². The second kappa shape index (κ2) is 6.89. The van der Waals surface area contributed by atoms with Crippen LogP contribution in [0.25, 0.3) is 0 Å². The molecule has 1 aliphatic rings. The molecule has 1 saturated heterocycles. The zero-order valence-corrected chi connectivity index (χ0v) is 15.4. The van der Waals surface area contributed by atoms with Crippen LogP contribution in [0.5, 0.6) is 0 Å². The van der Waals surface area contributed by atoms with Gasteiger partial charge in [-0.1, -0.05) is 41.4 Å². The summed E-state index contributed by atoms with van der Waals surface area (Å²) in [5.74, 6) is -0.590. The van der Waals surface area contributed by atoms with E-state index in [1.54, 1.807) is 17.0 Å². The minimum absolute atomic E-state index is 0.0781. The number of nitrogens with one attached hydrogen (secondary N) is 1. The van der Waals surface area contributed by atoms with Crippen LogP contribution in [0.2, 0.25) is 5.02 Å². The molecule has 1 N–H and O–H groups in total. The van der Waals surface area contributed by atoms with E-state index in [-0.39, 0.29) is 24.2 Å². The molecule has 130 valence electrons. The maximum Gasteiger partial charge on any atom is 0.229 e. The Labute approximate surface area is 152 Å². The predicted octanol–water partition coefficient (Wildman–Crippen LogP) is 4.26. The van der Waals surface area contributed by atoms with Gasteiger partial charge in [0.2, 0.25) is 11.8 Å². The van der Waals surface area contributed by atoms with E-state index in [0.29, 0.717) is 17.3 Å².